The molecule has 0 aliphatic heterocycles. The molecule has 1 aromatic rings. The Balaban J connectivity index is 0.00000338. The van der Waals surface area contributed by atoms with Gasteiger partial charge in [0, 0.05) is 12.6 Å². The lowest BCUT2D eigenvalue weighted by molar-refractivity contribution is -0.126. The van der Waals surface area contributed by atoms with Crippen LogP contribution in [0.1, 0.15) is 51.0 Å². The smallest absolute Gasteiger partial charge is 0.246 e. The van der Waals surface area contributed by atoms with Crippen molar-refractivity contribution in [1.82, 2.24) is 20.5 Å². The fraction of sp³-hybridized carbons (Fsp3) is 0.750. The van der Waals surface area contributed by atoms with Crippen molar-refractivity contribution in [2.45, 2.75) is 69.9 Å². The van der Waals surface area contributed by atoms with Gasteiger partial charge in [-0.25, -0.2) is 8.42 Å². The molecule has 1 heterocycles. The topological polar surface area (TPSA) is 113 Å². The van der Waals surface area contributed by atoms with E-state index in [9.17, 15) is 13.2 Å². The minimum absolute atomic E-state index is 0. The molecule has 1 atom stereocenters. The van der Waals surface area contributed by atoms with Gasteiger partial charge in [-0.15, -0.1) is 12.4 Å². The minimum Gasteiger partial charge on any atom is -0.360 e. The van der Waals surface area contributed by atoms with Crippen molar-refractivity contribution in [1.29, 1.82) is 0 Å². The van der Waals surface area contributed by atoms with Crippen LogP contribution in [-0.4, -0.2) is 44.2 Å². The van der Waals surface area contributed by atoms with Crippen molar-refractivity contribution in [3.8, 4) is 0 Å². The number of aryl methyl sites for hydroxylation is 2. The highest BCUT2D eigenvalue weighted by atomic mass is 35.5. The molecule has 1 fully saturated rings. The number of carbonyl (C=O) groups is 1. The molecule has 2 rings (SSSR count). The van der Waals surface area contributed by atoms with E-state index in [1.165, 1.54) is 0 Å². The summed E-state index contributed by atoms with van der Waals surface area (Å²) in [6, 6.07) is 0.117. The lowest BCUT2D eigenvalue weighted by Crippen LogP contribution is -2.58. The number of nitrogens with one attached hydrogen (secondary N) is 3. The summed E-state index contributed by atoms with van der Waals surface area (Å²) in [6.07, 6.45) is 2.58. The van der Waals surface area contributed by atoms with E-state index in [1.54, 1.807) is 13.8 Å². The maximum Gasteiger partial charge on any atom is 0.246 e. The number of halogens is 1. The first-order chi connectivity index (χ1) is 11.7. The number of sulfonamides is 1. The predicted octanol–water partition coefficient (Wildman–Crippen LogP) is 1.42. The molecule has 26 heavy (non-hydrogen) atoms. The monoisotopic (exact) mass is 408 g/mol. The number of aromatic nitrogens is 1. The Labute approximate surface area is 161 Å². The van der Waals surface area contributed by atoms with E-state index in [0.717, 1.165) is 19.4 Å². The van der Waals surface area contributed by atoms with E-state index < -0.39 is 15.6 Å². The van der Waals surface area contributed by atoms with Crippen molar-refractivity contribution in [2.75, 3.05) is 13.1 Å². The molecule has 1 aliphatic rings. The van der Waals surface area contributed by atoms with Crippen LogP contribution in [0.4, 0.5) is 0 Å². The lowest BCUT2D eigenvalue weighted by atomic mass is 9.98. The van der Waals surface area contributed by atoms with Crippen molar-refractivity contribution in [3.05, 3.63) is 11.5 Å². The molecule has 3 N–H and O–H groups in total. The van der Waals surface area contributed by atoms with Crippen molar-refractivity contribution >= 4 is 28.3 Å². The molecule has 1 saturated carbocycles. The van der Waals surface area contributed by atoms with Gasteiger partial charge in [0.2, 0.25) is 15.9 Å². The molecule has 0 saturated heterocycles. The lowest BCUT2D eigenvalue weighted by Gasteiger charge is -2.29. The van der Waals surface area contributed by atoms with E-state index in [0.29, 0.717) is 25.1 Å². The summed E-state index contributed by atoms with van der Waals surface area (Å²) in [4.78, 5) is 12.8. The number of carbonyl (C=O) groups excluding carboxylic acids is 1. The average Bonchev–Trinajstić information content (AvgIpc) is 3.12. The van der Waals surface area contributed by atoms with Crippen molar-refractivity contribution in [3.63, 3.8) is 0 Å². The summed E-state index contributed by atoms with van der Waals surface area (Å²) in [6.45, 7) is 8.34. The first kappa shape index (κ1) is 22.9. The zero-order valence-corrected chi connectivity index (χ0v) is 17.3. The normalized spacial score (nSPS) is 17.5. The van der Waals surface area contributed by atoms with Gasteiger partial charge in [-0.05, 0) is 40.2 Å². The maximum absolute atomic E-state index is 12.8. The zero-order valence-electron chi connectivity index (χ0n) is 15.7. The van der Waals surface area contributed by atoms with E-state index in [4.69, 9.17) is 4.52 Å². The van der Waals surface area contributed by atoms with Crippen molar-refractivity contribution in [2.24, 2.45) is 0 Å². The average molecular weight is 409 g/mol. The molecular weight excluding hydrogens is 380 g/mol. The summed E-state index contributed by atoms with van der Waals surface area (Å²) in [5.74, 6) is -0.0515. The predicted molar refractivity (Wildman–Crippen MR) is 101 cm³/mol. The van der Waals surface area contributed by atoms with Crippen LogP contribution in [0.5, 0.6) is 0 Å². The molecule has 1 amide bonds. The van der Waals surface area contributed by atoms with Gasteiger partial charge in [0.1, 0.15) is 16.1 Å². The summed E-state index contributed by atoms with van der Waals surface area (Å²) in [7, 11) is -3.90. The highest BCUT2D eigenvalue weighted by Gasteiger charge is 2.45. The van der Waals surface area contributed by atoms with Crippen LogP contribution in [0.15, 0.2) is 9.42 Å². The van der Waals surface area contributed by atoms with Crippen LogP contribution >= 0.6 is 12.4 Å². The largest absolute Gasteiger partial charge is 0.360 e. The van der Waals surface area contributed by atoms with Gasteiger partial charge >= 0.3 is 0 Å². The number of rotatable bonds is 8. The Bertz CT molecular complexity index is 694. The molecule has 0 bridgehead atoms. The number of hydrogen-bond donors (Lipinski definition) is 3. The highest BCUT2D eigenvalue weighted by Crippen LogP contribution is 2.32. The summed E-state index contributed by atoms with van der Waals surface area (Å²) < 4.78 is 33.3. The van der Waals surface area contributed by atoms with Crippen LogP contribution in [0.2, 0.25) is 0 Å². The molecule has 0 unspecified atom stereocenters. The third-order valence-electron chi connectivity index (χ3n) is 4.58. The first-order valence-electron chi connectivity index (χ1n) is 8.70. The SMILES string of the molecule is CCN[C@H](C)CNC(=O)C1(NS(=O)(=O)c2c(C)noc2C)CCCC1.Cl. The maximum atomic E-state index is 12.8. The Morgan fingerprint density at radius 2 is 1.92 bits per heavy atom. The number of hydrogen-bond acceptors (Lipinski definition) is 6. The quantitative estimate of drug-likeness (QED) is 0.599. The second-order valence-corrected chi connectivity index (χ2v) is 8.34. The number of amides is 1. The van der Waals surface area contributed by atoms with E-state index >= 15 is 0 Å². The molecule has 0 spiro atoms. The molecule has 0 aromatic carbocycles. The van der Waals surface area contributed by atoms with Gasteiger partial charge in [0.25, 0.3) is 0 Å². The summed E-state index contributed by atoms with van der Waals surface area (Å²) in [5.41, 5.74) is -0.819. The molecule has 10 heteroatoms. The molecule has 150 valence electrons. The first-order valence-corrected chi connectivity index (χ1v) is 10.2. The fourth-order valence-electron chi connectivity index (χ4n) is 3.36. The van der Waals surface area contributed by atoms with Gasteiger partial charge in [0.15, 0.2) is 5.76 Å². The second-order valence-electron chi connectivity index (χ2n) is 6.72. The standard InChI is InChI=1S/C16H28N4O4S.ClH/c1-5-17-11(2)10-18-15(21)16(8-6-7-9-16)20-25(22,23)14-12(3)19-24-13(14)4;/h11,17,20H,5-10H2,1-4H3,(H,18,21);1H/t11-;/m1./s1. The van der Waals surface area contributed by atoms with E-state index in [1.807, 2.05) is 13.8 Å². The van der Waals surface area contributed by atoms with E-state index in [2.05, 4.69) is 20.5 Å². The molecule has 1 aromatic heterocycles. The van der Waals surface area contributed by atoms with Crippen LogP contribution in [0.3, 0.4) is 0 Å². The summed E-state index contributed by atoms with van der Waals surface area (Å²) in [5, 5.41) is 9.80. The molecular formula is C16H29ClN4O4S. The van der Waals surface area contributed by atoms with Gasteiger partial charge in [-0.3, -0.25) is 4.79 Å². The van der Waals surface area contributed by atoms with Gasteiger partial charge in [-0.2, -0.15) is 4.72 Å². The van der Waals surface area contributed by atoms with E-state index in [-0.39, 0.29) is 35.0 Å². The Morgan fingerprint density at radius 1 is 1.31 bits per heavy atom. The van der Waals surface area contributed by atoms with Gasteiger partial charge in [0.05, 0.1) is 0 Å². The fourth-order valence-corrected chi connectivity index (χ4v) is 5.11. The zero-order chi connectivity index (χ0) is 18.7. The Morgan fingerprint density at radius 3 is 2.42 bits per heavy atom. The molecule has 0 radical (unpaired) electrons. The third-order valence-corrected chi connectivity index (χ3v) is 6.36. The second kappa shape index (κ2) is 9.16. The molecule has 1 aliphatic carbocycles. The third kappa shape index (κ3) is 4.97. The Kier molecular flexibility index (Phi) is 8.06. The van der Waals surface area contributed by atoms with Crippen LogP contribution in [0.25, 0.3) is 0 Å². The van der Waals surface area contributed by atoms with Crippen LogP contribution < -0.4 is 15.4 Å². The van der Waals surface area contributed by atoms with Gasteiger partial charge < -0.3 is 15.2 Å². The minimum atomic E-state index is -3.90. The van der Waals surface area contributed by atoms with Crippen LogP contribution in [0, 0.1) is 13.8 Å². The molecule has 8 nitrogen and oxygen atoms in total. The number of nitrogens with zero attached hydrogens (tertiary/aromatic N) is 1. The number of likely N-dealkylation sites (N-methyl/N-ethyl adjacent to an activating group) is 1. The van der Waals surface area contributed by atoms with Gasteiger partial charge in [-0.1, -0.05) is 24.9 Å². The summed E-state index contributed by atoms with van der Waals surface area (Å²) >= 11 is 0. The van der Waals surface area contributed by atoms with Crippen molar-refractivity contribution < 1.29 is 17.7 Å². The highest BCUT2D eigenvalue weighted by molar-refractivity contribution is 7.89. The van der Waals surface area contributed by atoms with Crippen LogP contribution in [-0.2, 0) is 14.8 Å². The Hall–Kier alpha value is -1.16.